The number of aryl methyl sites for hydroxylation is 1. The van der Waals surface area contributed by atoms with Crippen molar-refractivity contribution in [3.8, 4) is 0 Å². The fourth-order valence-corrected chi connectivity index (χ4v) is 2.83. The molecule has 0 aliphatic carbocycles. The molecule has 3 N–H and O–H groups in total. The molecule has 1 aromatic rings. The average Bonchev–Trinajstić information content (AvgIpc) is 2.52. The summed E-state index contributed by atoms with van der Waals surface area (Å²) in [5.74, 6) is 0.705. The Balaban J connectivity index is 0.00000529. The summed E-state index contributed by atoms with van der Waals surface area (Å²) in [5, 5.41) is 6.41. The van der Waals surface area contributed by atoms with Crippen LogP contribution in [0.2, 0.25) is 0 Å². The van der Waals surface area contributed by atoms with E-state index >= 15 is 0 Å². The van der Waals surface area contributed by atoms with Crippen LogP contribution in [-0.2, 0) is 10.0 Å². The first kappa shape index (κ1) is 23.1. The molecule has 0 fully saturated rings. The highest BCUT2D eigenvalue weighted by Gasteiger charge is 2.12. The lowest BCUT2D eigenvalue weighted by molar-refractivity contribution is 0.581. The number of rotatable bonds is 8. The van der Waals surface area contributed by atoms with Crippen molar-refractivity contribution >= 4 is 40.0 Å². The van der Waals surface area contributed by atoms with Gasteiger partial charge < -0.3 is 10.6 Å². The van der Waals surface area contributed by atoms with Gasteiger partial charge in [-0.25, -0.2) is 13.1 Å². The summed E-state index contributed by atoms with van der Waals surface area (Å²) in [6, 6.07) is 7.10. The molecular weight excluding hydrogens is 439 g/mol. The van der Waals surface area contributed by atoms with Crippen molar-refractivity contribution in [2.45, 2.75) is 45.1 Å². The maximum Gasteiger partial charge on any atom is 0.240 e. The Morgan fingerprint density at radius 1 is 1.21 bits per heavy atom. The van der Waals surface area contributed by atoms with E-state index in [1.54, 1.807) is 24.3 Å². The summed E-state index contributed by atoms with van der Waals surface area (Å²) >= 11 is 0. The second-order valence-corrected chi connectivity index (χ2v) is 7.19. The number of hydrogen-bond donors (Lipinski definition) is 3. The molecule has 0 aromatic heterocycles. The van der Waals surface area contributed by atoms with E-state index in [-0.39, 0.29) is 35.4 Å². The zero-order valence-corrected chi connectivity index (χ0v) is 17.9. The van der Waals surface area contributed by atoms with Crippen molar-refractivity contribution < 1.29 is 8.42 Å². The molecule has 0 radical (unpaired) electrons. The number of halogens is 1. The van der Waals surface area contributed by atoms with Crippen LogP contribution < -0.4 is 15.4 Å². The van der Waals surface area contributed by atoms with Gasteiger partial charge in [-0.1, -0.05) is 24.6 Å². The van der Waals surface area contributed by atoms with E-state index in [9.17, 15) is 8.42 Å². The van der Waals surface area contributed by atoms with Crippen molar-refractivity contribution in [2.24, 2.45) is 4.99 Å². The summed E-state index contributed by atoms with van der Waals surface area (Å²) in [7, 11) is -3.48. The van der Waals surface area contributed by atoms with Crippen LogP contribution in [-0.4, -0.2) is 40.1 Å². The monoisotopic (exact) mass is 468 g/mol. The molecule has 6 nitrogen and oxygen atoms in total. The highest BCUT2D eigenvalue weighted by molar-refractivity contribution is 14.0. The molecule has 1 atom stereocenters. The molecule has 1 aromatic carbocycles. The lowest BCUT2D eigenvalue weighted by Gasteiger charge is -2.16. The highest BCUT2D eigenvalue weighted by atomic mass is 127. The van der Waals surface area contributed by atoms with Crippen LogP contribution in [0.5, 0.6) is 0 Å². The van der Waals surface area contributed by atoms with Gasteiger partial charge in [0.2, 0.25) is 10.0 Å². The summed E-state index contributed by atoms with van der Waals surface area (Å²) < 4.78 is 26.9. The molecule has 0 spiro atoms. The molecule has 1 unspecified atom stereocenters. The Labute approximate surface area is 163 Å². The van der Waals surface area contributed by atoms with Crippen LogP contribution in [0.25, 0.3) is 0 Å². The minimum absolute atomic E-state index is 0. The van der Waals surface area contributed by atoms with Crippen LogP contribution >= 0.6 is 24.0 Å². The first-order valence-electron chi connectivity index (χ1n) is 8.00. The third kappa shape index (κ3) is 8.29. The van der Waals surface area contributed by atoms with Crippen LogP contribution in [0, 0.1) is 6.92 Å². The molecule has 0 saturated carbocycles. The van der Waals surface area contributed by atoms with Crippen molar-refractivity contribution in [2.75, 3.05) is 19.6 Å². The second kappa shape index (κ2) is 11.6. The lowest BCUT2D eigenvalue weighted by Crippen LogP contribution is -2.42. The van der Waals surface area contributed by atoms with Crippen LogP contribution in [0.4, 0.5) is 0 Å². The quantitative estimate of drug-likeness (QED) is 0.237. The largest absolute Gasteiger partial charge is 0.357 e. The van der Waals surface area contributed by atoms with E-state index in [1.165, 1.54) is 0 Å². The normalized spacial score (nSPS) is 13.1. The van der Waals surface area contributed by atoms with Gasteiger partial charge in [-0.05, 0) is 39.3 Å². The highest BCUT2D eigenvalue weighted by Crippen LogP contribution is 2.09. The van der Waals surface area contributed by atoms with Gasteiger partial charge in [-0.3, -0.25) is 4.99 Å². The molecule has 0 saturated heterocycles. The van der Waals surface area contributed by atoms with Crippen molar-refractivity contribution in [1.29, 1.82) is 0 Å². The van der Waals surface area contributed by atoms with E-state index in [2.05, 4.69) is 34.2 Å². The predicted octanol–water partition coefficient (Wildman–Crippen LogP) is 2.24. The molecular formula is C16H29IN4O2S. The lowest BCUT2D eigenvalue weighted by atomic mass is 10.2. The number of benzene rings is 1. The molecule has 0 aliphatic heterocycles. The number of aliphatic imine (C=N–C) groups is 1. The number of hydrogen-bond acceptors (Lipinski definition) is 3. The molecule has 1 rings (SSSR count). The Bertz CT molecular complexity index is 603. The minimum atomic E-state index is -3.48. The predicted molar refractivity (Wildman–Crippen MR) is 111 cm³/mol. The molecule has 24 heavy (non-hydrogen) atoms. The van der Waals surface area contributed by atoms with E-state index < -0.39 is 10.0 Å². The minimum Gasteiger partial charge on any atom is -0.357 e. The third-order valence-corrected chi connectivity index (χ3v) is 4.82. The van der Waals surface area contributed by atoms with Gasteiger partial charge in [-0.15, -0.1) is 24.0 Å². The van der Waals surface area contributed by atoms with E-state index in [1.807, 2.05) is 13.8 Å². The van der Waals surface area contributed by atoms with Crippen LogP contribution in [0.3, 0.4) is 0 Å². The van der Waals surface area contributed by atoms with Crippen molar-refractivity contribution in [3.05, 3.63) is 29.8 Å². The number of nitrogens with zero attached hydrogens (tertiary/aromatic N) is 1. The summed E-state index contributed by atoms with van der Waals surface area (Å²) in [6.45, 7) is 9.48. The molecule has 0 bridgehead atoms. The Morgan fingerprint density at radius 3 is 2.38 bits per heavy atom. The molecule has 138 valence electrons. The van der Waals surface area contributed by atoms with Gasteiger partial charge in [0.1, 0.15) is 0 Å². The summed E-state index contributed by atoms with van der Waals surface area (Å²) in [5.41, 5.74) is 1.03. The summed E-state index contributed by atoms with van der Waals surface area (Å²) in [6.07, 6.45) is 0.991. The Morgan fingerprint density at radius 2 is 1.83 bits per heavy atom. The average molecular weight is 468 g/mol. The molecule has 0 heterocycles. The second-order valence-electron chi connectivity index (χ2n) is 5.43. The molecule has 8 heteroatoms. The van der Waals surface area contributed by atoms with Crippen LogP contribution in [0.15, 0.2) is 34.2 Å². The zero-order valence-electron chi connectivity index (χ0n) is 14.8. The molecule has 0 aliphatic rings. The smallest absolute Gasteiger partial charge is 0.240 e. The molecule has 0 amide bonds. The number of guanidine groups is 1. The Hall–Kier alpha value is -0.870. The standard InChI is InChI=1S/C16H28N4O2S.HI/c1-5-14(4)20-16(17-6-2)18-11-12-19-23(21,22)15-9-7-13(3)8-10-15;/h7-10,14,19H,5-6,11-12H2,1-4H3,(H2,17,18,20);1H. The maximum atomic E-state index is 12.1. The van der Waals surface area contributed by atoms with E-state index in [0.29, 0.717) is 18.5 Å². The SMILES string of the molecule is CCNC(=NCCNS(=O)(=O)c1ccc(C)cc1)NC(C)CC.I. The summed E-state index contributed by atoms with van der Waals surface area (Å²) in [4.78, 5) is 4.65. The van der Waals surface area contributed by atoms with Gasteiger partial charge in [0.25, 0.3) is 0 Å². The van der Waals surface area contributed by atoms with Gasteiger partial charge in [0.05, 0.1) is 11.4 Å². The van der Waals surface area contributed by atoms with Gasteiger partial charge in [0.15, 0.2) is 5.96 Å². The third-order valence-electron chi connectivity index (χ3n) is 3.34. The van der Waals surface area contributed by atoms with Gasteiger partial charge in [0, 0.05) is 19.1 Å². The fraction of sp³-hybridized carbons (Fsp3) is 0.562. The topological polar surface area (TPSA) is 82.6 Å². The Kier molecular flexibility index (Phi) is 11.2. The first-order chi connectivity index (χ1) is 10.9. The van der Waals surface area contributed by atoms with Gasteiger partial charge in [-0.2, -0.15) is 0 Å². The fourth-order valence-electron chi connectivity index (χ4n) is 1.80. The van der Waals surface area contributed by atoms with E-state index in [4.69, 9.17) is 0 Å². The van der Waals surface area contributed by atoms with Gasteiger partial charge >= 0.3 is 0 Å². The van der Waals surface area contributed by atoms with E-state index in [0.717, 1.165) is 18.5 Å². The first-order valence-corrected chi connectivity index (χ1v) is 9.48. The van der Waals surface area contributed by atoms with Crippen LogP contribution in [0.1, 0.15) is 32.8 Å². The number of sulfonamides is 1. The zero-order chi connectivity index (χ0) is 17.3. The van der Waals surface area contributed by atoms with Crippen molar-refractivity contribution in [1.82, 2.24) is 15.4 Å². The maximum absolute atomic E-state index is 12.1. The number of nitrogens with one attached hydrogen (secondary N) is 3. The van der Waals surface area contributed by atoms with Crippen molar-refractivity contribution in [3.63, 3.8) is 0 Å².